The summed E-state index contributed by atoms with van der Waals surface area (Å²) in [6.45, 7) is 2.59. The number of aliphatic hydroxyl groups is 1. The van der Waals surface area contributed by atoms with Crippen LogP contribution in [-0.2, 0) is 17.6 Å². The lowest BCUT2D eigenvalue weighted by Gasteiger charge is -2.07. The topological polar surface area (TPSA) is 58.6 Å². The fourth-order valence-corrected chi connectivity index (χ4v) is 2.34. The van der Waals surface area contributed by atoms with E-state index in [0.717, 1.165) is 37.1 Å². The summed E-state index contributed by atoms with van der Waals surface area (Å²) in [5, 5.41) is 12.4. The average molecular weight is 263 g/mol. The summed E-state index contributed by atoms with van der Waals surface area (Å²) in [4.78, 5) is 11.1. The summed E-state index contributed by atoms with van der Waals surface area (Å²) < 4.78 is 5.32. The Kier molecular flexibility index (Phi) is 4.80. The van der Waals surface area contributed by atoms with Crippen LogP contribution in [0.15, 0.2) is 18.2 Å². The smallest absolute Gasteiger partial charge is 0.219 e. The number of benzene rings is 1. The van der Waals surface area contributed by atoms with Crippen LogP contribution in [-0.4, -0.2) is 23.8 Å². The van der Waals surface area contributed by atoms with Gasteiger partial charge >= 0.3 is 0 Å². The number of carbonyl (C=O) groups excluding carboxylic acids is 1. The van der Waals surface area contributed by atoms with Crippen LogP contribution >= 0.6 is 0 Å². The van der Waals surface area contributed by atoms with Crippen molar-refractivity contribution in [3.05, 3.63) is 29.3 Å². The maximum Gasteiger partial charge on any atom is 0.219 e. The molecule has 19 heavy (non-hydrogen) atoms. The fourth-order valence-electron chi connectivity index (χ4n) is 2.34. The molecule has 1 aromatic carbocycles. The standard InChI is InChI=1S/C15H21NO3/c1-2-14(17)16-9-4-3-6-11-7-5-8-13-12(11)10-15(18)19-13/h5,7-8,15,18H,2-4,6,9-10H2,1H3,(H,16,17)/t15-/m0/s1. The van der Waals surface area contributed by atoms with Crippen molar-refractivity contribution in [2.75, 3.05) is 6.54 Å². The van der Waals surface area contributed by atoms with E-state index in [1.807, 2.05) is 19.1 Å². The number of aliphatic hydroxyl groups excluding tert-OH is 1. The monoisotopic (exact) mass is 263 g/mol. The maximum absolute atomic E-state index is 11.1. The molecular weight excluding hydrogens is 242 g/mol. The largest absolute Gasteiger partial charge is 0.464 e. The molecule has 4 heteroatoms. The zero-order valence-electron chi connectivity index (χ0n) is 11.3. The summed E-state index contributed by atoms with van der Waals surface area (Å²) >= 11 is 0. The zero-order valence-corrected chi connectivity index (χ0v) is 11.3. The highest BCUT2D eigenvalue weighted by atomic mass is 16.6. The molecule has 1 amide bonds. The first-order valence-electron chi connectivity index (χ1n) is 6.93. The molecule has 1 aliphatic heterocycles. The number of aryl methyl sites for hydroxylation is 1. The Bertz CT molecular complexity index is 445. The SMILES string of the molecule is CCC(=O)NCCCCc1cccc2c1C[C@@H](O)O2. The number of hydrogen-bond acceptors (Lipinski definition) is 3. The van der Waals surface area contributed by atoms with E-state index in [4.69, 9.17) is 4.74 Å². The Balaban J connectivity index is 1.78. The lowest BCUT2D eigenvalue weighted by molar-refractivity contribution is -0.120. The van der Waals surface area contributed by atoms with Crippen molar-refractivity contribution in [2.24, 2.45) is 0 Å². The van der Waals surface area contributed by atoms with Crippen LogP contribution in [0.25, 0.3) is 0 Å². The van der Waals surface area contributed by atoms with Gasteiger partial charge in [0.25, 0.3) is 0 Å². The van der Waals surface area contributed by atoms with Crippen molar-refractivity contribution in [3.63, 3.8) is 0 Å². The molecule has 2 N–H and O–H groups in total. The molecule has 0 unspecified atom stereocenters. The van der Waals surface area contributed by atoms with Gasteiger partial charge in [0.05, 0.1) is 0 Å². The van der Waals surface area contributed by atoms with E-state index in [-0.39, 0.29) is 5.91 Å². The van der Waals surface area contributed by atoms with Gasteiger partial charge in [0.2, 0.25) is 12.2 Å². The van der Waals surface area contributed by atoms with Gasteiger partial charge in [0, 0.05) is 24.9 Å². The molecular formula is C15H21NO3. The predicted octanol–water partition coefficient (Wildman–Crippen LogP) is 1.79. The highest BCUT2D eigenvalue weighted by molar-refractivity contribution is 5.75. The van der Waals surface area contributed by atoms with Crippen LogP contribution in [0.4, 0.5) is 0 Å². The number of unbranched alkanes of at least 4 members (excludes halogenated alkanes) is 1. The Hall–Kier alpha value is -1.55. The normalized spacial score (nSPS) is 16.8. The molecule has 104 valence electrons. The van der Waals surface area contributed by atoms with E-state index in [0.29, 0.717) is 12.8 Å². The molecule has 4 nitrogen and oxygen atoms in total. The van der Waals surface area contributed by atoms with Crippen LogP contribution in [0, 0.1) is 0 Å². The third-order valence-electron chi connectivity index (χ3n) is 3.39. The number of hydrogen-bond donors (Lipinski definition) is 2. The van der Waals surface area contributed by atoms with Crippen molar-refractivity contribution >= 4 is 5.91 Å². The van der Waals surface area contributed by atoms with Crippen LogP contribution < -0.4 is 10.1 Å². The molecule has 0 aromatic heterocycles. The van der Waals surface area contributed by atoms with Gasteiger partial charge in [-0.1, -0.05) is 19.1 Å². The summed E-state index contributed by atoms with van der Waals surface area (Å²) in [6, 6.07) is 5.95. The molecule has 0 spiro atoms. The first-order chi connectivity index (χ1) is 9.20. The number of fused-ring (bicyclic) bond motifs is 1. The molecule has 0 fully saturated rings. The number of rotatable bonds is 6. The van der Waals surface area contributed by atoms with Gasteiger partial charge in [0.1, 0.15) is 5.75 Å². The first-order valence-corrected chi connectivity index (χ1v) is 6.93. The van der Waals surface area contributed by atoms with E-state index < -0.39 is 6.29 Å². The molecule has 1 atom stereocenters. The third kappa shape index (κ3) is 3.70. The molecule has 0 saturated heterocycles. The second-order valence-corrected chi connectivity index (χ2v) is 4.83. The highest BCUT2D eigenvalue weighted by Gasteiger charge is 2.22. The Labute approximate surface area is 113 Å². The summed E-state index contributed by atoms with van der Waals surface area (Å²) in [6.07, 6.45) is 3.39. The summed E-state index contributed by atoms with van der Waals surface area (Å²) in [7, 11) is 0. The third-order valence-corrected chi connectivity index (χ3v) is 3.39. The average Bonchev–Trinajstić information content (AvgIpc) is 2.79. The van der Waals surface area contributed by atoms with Crippen LogP contribution in [0.1, 0.15) is 37.3 Å². The number of ether oxygens (including phenoxy) is 1. The van der Waals surface area contributed by atoms with Crippen LogP contribution in [0.5, 0.6) is 5.75 Å². The van der Waals surface area contributed by atoms with E-state index >= 15 is 0 Å². The molecule has 0 radical (unpaired) electrons. The molecule has 1 aromatic rings. The fraction of sp³-hybridized carbons (Fsp3) is 0.533. The number of amides is 1. The lowest BCUT2D eigenvalue weighted by Crippen LogP contribution is -2.23. The van der Waals surface area contributed by atoms with Crippen molar-refractivity contribution in [2.45, 2.75) is 45.3 Å². The minimum atomic E-state index is -0.694. The van der Waals surface area contributed by atoms with Gasteiger partial charge in [-0.2, -0.15) is 0 Å². The number of carbonyl (C=O) groups is 1. The first kappa shape index (κ1) is 13.9. The molecule has 0 bridgehead atoms. The summed E-state index contributed by atoms with van der Waals surface area (Å²) in [5.41, 5.74) is 2.38. The minimum absolute atomic E-state index is 0.108. The van der Waals surface area contributed by atoms with Gasteiger partial charge in [0.15, 0.2) is 0 Å². The van der Waals surface area contributed by atoms with Gasteiger partial charge in [-0.05, 0) is 30.9 Å². The Morgan fingerprint density at radius 3 is 3.11 bits per heavy atom. The number of nitrogens with one attached hydrogen (secondary N) is 1. The zero-order chi connectivity index (χ0) is 13.7. The van der Waals surface area contributed by atoms with Crippen molar-refractivity contribution < 1.29 is 14.6 Å². The van der Waals surface area contributed by atoms with E-state index in [2.05, 4.69) is 11.4 Å². The van der Waals surface area contributed by atoms with Crippen molar-refractivity contribution in [3.8, 4) is 5.75 Å². The summed E-state index contributed by atoms with van der Waals surface area (Å²) in [5.74, 6) is 0.918. The van der Waals surface area contributed by atoms with Crippen LogP contribution in [0.3, 0.4) is 0 Å². The quantitative estimate of drug-likeness (QED) is 0.769. The molecule has 0 aliphatic carbocycles. The van der Waals surface area contributed by atoms with Crippen molar-refractivity contribution in [1.29, 1.82) is 0 Å². The van der Waals surface area contributed by atoms with E-state index in [1.54, 1.807) is 0 Å². The highest BCUT2D eigenvalue weighted by Crippen LogP contribution is 2.31. The van der Waals surface area contributed by atoms with Gasteiger partial charge in [-0.3, -0.25) is 4.79 Å². The lowest BCUT2D eigenvalue weighted by atomic mass is 10.00. The Morgan fingerprint density at radius 2 is 2.32 bits per heavy atom. The second kappa shape index (κ2) is 6.57. The minimum Gasteiger partial charge on any atom is -0.464 e. The van der Waals surface area contributed by atoms with Gasteiger partial charge in [-0.25, -0.2) is 0 Å². The predicted molar refractivity (Wildman–Crippen MR) is 73.0 cm³/mol. The van der Waals surface area contributed by atoms with E-state index in [1.165, 1.54) is 5.56 Å². The molecule has 1 heterocycles. The van der Waals surface area contributed by atoms with E-state index in [9.17, 15) is 9.90 Å². The molecule has 0 saturated carbocycles. The van der Waals surface area contributed by atoms with Gasteiger partial charge in [-0.15, -0.1) is 0 Å². The molecule has 2 rings (SSSR count). The molecule has 1 aliphatic rings. The second-order valence-electron chi connectivity index (χ2n) is 4.83. The maximum atomic E-state index is 11.1. The van der Waals surface area contributed by atoms with Crippen molar-refractivity contribution in [1.82, 2.24) is 5.32 Å². The Morgan fingerprint density at radius 1 is 1.47 bits per heavy atom. The van der Waals surface area contributed by atoms with Gasteiger partial charge < -0.3 is 15.2 Å². The van der Waals surface area contributed by atoms with Crippen LogP contribution in [0.2, 0.25) is 0 Å².